The molecule has 2 N–H and O–H groups in total. The number of aryl methyl sites for hydroxylation is 1. The number of hydrogen-bond donors (Lipinski definition) is 2. The second-order valence-electron chi connectivity index (χ2n) is 5.87. The number of nitrogens with one attached hydrogen (secondary N) is 2. The average Bonchev–Trinajstić information content (AvgIpc) is 2.57. The zero-order valence-electron chi connectivity index (χ0n) is 14.2. The van der Waals surface area contributed by atoms with Gasteiger partial charge in [-0.25, -0.2) is 8.42 Å². The van der Waals surface area contributed by atoms with E-state index in [1.165, 1.54) is 0 Å². The van der Waals surface area contributed by atoms with E-state index < -0.39 is 10.0 Å². The van der Waals surface area contributed by atoms with Crippen molar-refractivity contribution in [3.05, 3.63) is 60.2 Å². The number of unbranched alkanes of at least 4 members (excludes halogenated alkanes) is 1. The molecule has 0 aliphatic rings. The van der Waals surface area contributed by atoms with E-state index in [2.05, 4.69) is 17.0 Å². The van der Waals surface area contributed by atoms with Gasteiger partial charge in [0.2, 0.25) is 10.0 Å². The Morgan fingerprint density at radius 3 is 2.21 bits per heavy atom. The van der Waals surface area contributed by atoms with E-state index in [1.807, 2.05) is 42.5 Å². The molecule has 0 aromatic heterocycles. The summed E-state index contributed by atoms with van der Waals surface area (Å²) in [6.07, 6.45) is 3.64. The van der Waals surface area contributed by atoms with Crippen LogP contribution in [0.2, 0.25) is 0 Å². The topological polar surface area (TPSA) is 58.2 Å². The van der Waals surface area contributed by atoms with Gasteiger partial charge in [0.05, 0.1) is 5.75 Å². The molecule has 24 heavy (non-hydrogen) atoms. The van der Waals surface area contributed by atoms with Gasteiger partial charge in [0, 0.05) is 17.9 Å². The summed E-state index contributed by atoms with van der Waals surface area (Å²) >= 11 is 0. The van der Waals surface area contributed by atoms with Gasteiger partial charge in [-0.3, -0.25) is 4.72 Å². The Balaban J connectivity index is 1.80. The highest BCUT2D eigenvalue weighted by molar-refractivity contribution is 7.92. The molecule has 2 aromatic carbocycles. The highest BCUT2D eigenvalue weighted by Gasteiger charge is 2.10. The van der Waals surface area contributed by atoms with Crippen molar-refractivity contribution in [1.29, 1.82) is 0 Å². The van der Waals surface area contributed by atoms with Crippen LogP contribution >= 0.6 is 0 Å². The van der Waals surface area contributed by atoms with E-state index in [0.717, 1.165) is 37.1 Å². The summed E-state index contributed by atoms with van der Waals surface area (Å²) in [7, 11) is -3.31. The van der Waals surface area contributed by atoms with Crippen LogP contribution in [-0.2, 0) is 16.4 Å². The van der Waals surface area contributed by atoms with Crippen LogP contribution in [0.15, 0.2) is 54.6 Å². The zero-order valence-corrected chi connectivity index (χ0v) is 15.0. The quantitative estimate of drug-likeness (QED) is 0.632. The molecule has 0 aliphatic heterocycles. The molecule has 2 aromatic rings. The predicted octanol–water partition coefficient (Wildman–Crippen LogP) is 4.27. The molecule has 0 unspecified atom stereocenters. The number of sulfonamides is 1. The monoisotopic (exact) mass is 346 g/mol. The zero-order chi connectivity index (χ0) is 17.3. The van der Waals surface area contributed by atoms with Crippen molar-refractivity contribution >= 4 is 21.4 Å². The maximum atomic E-state index is 12.2. The molecule has 0 spiro atoms. The largest absolute Gasteiger partial charge is 0.385 e. The summed E-state index contributed by atoms with van der Waals surface area (Å²) in [5.74, 6) is 0.123. The second kappa shape index (κ2) is 9.33. The van der Waals surface area contributed by atoms with Gasteiger partial charge in [0.1, 0.15) is 0 Å². The van der Waals surface area contributed by atoms with Crippen molar-refractivity contribution in [2.75, 3.05) is 22.3 Å². The number of hydrogen-bond acceptors (Lipinski definition) is 3. The molecular formula is C19H26N2O2S. The van der Waals surface area contributed by atoms with Crippen LogP contribution in [0.4, 0.5) is 11.4 Å². The Morgan fingerprint density at radius 1 is 0.875 bits per heavy atom. The van der Waals surface area contributed by atoms with Crippen molar-refractivity contribution in [1.82, 2.24) is 0 Å². The highest BCUT2D eigenvalue weighted by atomic mass is 32.2. The van der Waals surface area contributed by atoms with E-state index in [9.17, 15) is 8.42 Å². The maximum Gasteiger partial charge on any atom is 0.232 e. The van der Waals surface area contributed by atoms with Gasteiger partial charge in [-0.15, -0.1) is 0 Å². The van der Waals surface area contributed by atoms with Crippen LogP contribution in [0.1, 0.15) is 31.7 Å². The lowest BCUT2D eigenvalue weighted by molar-refractivity contribution is 0.598. The van der Waals surface area contributed by atoms with E-state index in [-0.39, 0.29) is 5.75 Å². The van der Waals surface area contributed by atoms with Crippen LogP contribution in [-0.4, -0.2) is 20.7 Å². The lowest BCUT2D eigenvalue weighted by Crippen LogP contribution is -2.17. The molecule has 0 fully saturated rings. The van der Waals surface area contributed by atoms with Crippen LogP contribution < -0.4 is 10.0 Å². The van der Waals surface area contributed by atoms with Gasteiger partial charge in [-0.1, -0.05) is 43.7 Å². The fourth-order valence-corrected chi connectivity index (χ4v) is 3.53. The fourth-order valence-electron chi connectivity index (χ4n) is 2.41. The lowest BCUT2D eigenvalue weighted by Gasteiger charge is -2.10. The molecule has 0 radical (unpaired) electrons. The standard InChI is InChI=1S/C19H26N2O2S/c1-2-3-15-20-18-11-13-19(14-12-18)21-24(22,23)16-7-10-17-8-5-4-6-9-17/h4-6,8-9,11-14,20-21H,2-3,7,10,15-16H2,1H3. The van der Waals surface area contributed by atoms with Gasteiger partial charge in [0.25, 0.3) is 0 Å². The van der Waals surface area contributed by atoms with E-state index in [1.54, 1.807) is 12.1 Å². The summed E-state index contributed by atoms with van der Waals surface area (Å²) in [5.41, 5.74) is 2.78. The summed E-state index contributed by atoms with van der Waals surface area (Å²) in [5, 5.41) is 3.31. The van der Waals surface area contributed by atoms with Crippen molar-refractivity contribution in [3.8, 4) is 0 Å². The molecule has 2 rings (SSSR count). The summed E-state index contributed by atoms with van der Waals surface area (Å²) in [6, 6.07) is 17.3. The van der Waals surface area contributed by atoms with Gasteiger partial charge >= 0.3 is 0 Å². The molecule has 5 heteroatoms. The Bertz CT molecular complexity index is 698. The fraction of sp³-hybridized carbons (Fsp3) is 0.368. The first-order valence-electron chi connectivity index (χ1n) is 8.47. The van der Waals surface area contributed by atoms with Gasteiger partial charge in [-0.05, 0) is 49.1 Å². The number of benzene rings is 2. The molecule has 4 nitrogen and oxygen atoms in total. The average molecular weight is 346 g/mol. The van der Waals surface area contributed by atoms with Gasteiger partial charge < -0.3 is 5.32 Å². The first kappa shape index (κ1) is 18.3. The normalized spacial score (nSPS) is 11.2. The van der Waals surface area contributed by atoms with Crippen molar-refractivity contribution in [3.63, 3.8) is 0 Å². The van der Waals surface area contributed by atoms with E-state index in [4.69, 9.17) is 0 Å². The van der Waals surface area contributed by atoms with Crippen LogP contribution in [0.3, 0.4) is 0 Å². The third kappa shape index (κ3) is 6.62. The van der Waals surface area contributed by atoms with Crippen molar-refractivity contribution in [2.24, 2.45) is 0 Å². The molecule has 0 aliphatic carbocycles. The first-order chi connectivity index (χ1) is 11.6. The predicted molar refractivity (Wildman–Crippen MR) is 102 cm³/mol. The van der Waals surface area contributed by atoms with Crippen LogP contribution in [0.25, 0.3) is 0 Å². The molecule has 0 amide bonds. The second-order valence-corrected chi connectivity index (χ2v) is 7.71. The Morgan fingerprint density at radius 2 is 1.54 bits per heavy atom. The molecule has 0 heterocycles. The van der Waals surface area contributed by atoms with Gasteiger partial charge in [-0.2, -0.15) is 0 Å². The Hall–Kier alpha value is -2.01. The Kier molecular flexibility index (Phi) is 7.12. The third-order valence-corrected chi connectivity index (χ3v) is 5.11. The van der Waals surface area contributed by atoms with Crippen molar-refractivity contribution in [2.45, 2.75) is 32.6 Å². The minimum absolute atomic E-state index is 0.123. The molecule has 0 bridgehead atoms. The number of anilines is 2. The van der Waals surface area contributed by atoms with E-state index >= 15 is 0 Å². The molecular weight excluding hydrogens is 320 g/mol. The summed E-state index contributed by atoms with van der Waals surface area (Å²) < 4.78 is 27.0. The summed E-state index contributed by atoms with van der Waals surface area (Å²) in [4.78, 5) is 0. The van der Waals surface area contributed by atoms with Crippen molar-refractivity contribution < 1.29 is 8.42 Å². The minimum atomic E-state index is -3.31. The molecule has 0 atom stereocenters. The lowest BCUT2D eigenvalue weighted by atomic mass is 10.1. The maximum absolute atomic E-state index is 12.2. The first-order valence-corrected chi connectivity index (χ1v) is 10.1. The third-order valence-electron chi connectivity index (χ3n) is 3.74. The summed E-state index contributed by atoms with van der Waals surface area (Å²) in [6.45, 7) is 3.08. The smallest absolute Gasteiger partial charge is 0.232 e. The molecule has 0 saturated carbocycles. The SMILES string of the molecule is CCCCNc1ccc(NS(=O)(=O)CCCc2ccccc2)cc1. The molecule has 130 valence electrons. The van der Waals surface area contributed by atoms with Crippen LogP contribution in [0.5, 0.6) is 0 Å². The minimum Gasteiger partial charge on any atom is -0.385 e. The Labute approximate surface area is 145 Å². The molecule has 0 saturated heterocycles. The number of rotatable bonds is 10. The highest BCUT2D eigenvalue weighted by Crippen LogP contribution is 2.15. The van der Waals surface area contributed by atoms with Gasteiger partial charge in [0.15, 0.2) is 0 Å². The van der Waals surface area contributed by atoms with Crippen LogP contribution in [0, 0.1) is 0 Å². The van der Waals surface area contributed by atoms with E-state index in [0.29, 0.717) is 12.1 Å².